The van der Waals surface area contributed by atoms with Gasteiger partial charge in [0.1, 0.15) is 12.4 Å². The predicted octanol–water partition coefficient (Wildman–Crippen LogP) is 5.00. The topological polar surface area (TPSA) is 27.7 Å². The van der Waals surface area contributed by atoms with Crippen molar-refractivity contribution in [2.75, 3.05) is 0 Å². The molecule has 2 aromatic rings. The Kier molecular flexibility index (Phi) is 5.42. The van der Waals surface area contributed by atoms with Crippen LogP contribution in [0.5, 0.6) is 5.75 Å². The van der Waals surface area contributed by atoms with Crippen molar-refractivity contribution in [3.63, 3.8) is 0 Å². The summed E-state index contributed by atoms with van der Waals surface area (Å²) in [4.78, 5) is 0. The Morgan fingerprint density at radius 2 is 1.52 bits per heavy atom. The molecular formula is C23H31BO3. The molecule has 1 saturated heterocycles. The summed E-state index contributed by atoms with van der Waals surface area (Å²) in [7, 11) is -0.325. The van der Waals surface area contributed by atoms with Crippen molar-refractivity contribution in [3.8, 4) is 5.75 Å². The van der Waals surface area contributed by atoms with E-state index in [2.05, 4.69) is 90.9 Å². The van der Waals surface area contributed by atoms with Crippen molar-refractivity contribution < 1.29 is 14.0 Å². The molecule has 0 atom stereocenters. The summed E-state index contributed by atoms with van der Waals surface area (Å²) in [6.45, 7) is 15.3. The van der Waals surface area contributed by atoms with Gasteiger partial charge in [-0.05, 0) is 68.8 Å². The number of aryl methyl sites for hydroxylation is 1. The van der Waals surface area contributed by atoms with Gasteiger partial charge in [-0.2, -0.15) is 0 Å². The zero-order chi connectivity index (χ0) is 19.8. The molecule has 0 aromatic heterocycles. The largest absolute Gasteiger partial charge is 0.494 e. The van der Waals surface area contributed by atoms with Crippen LogP contribution in [-0.2, 0) is 15.9 Å². The van der Waals surface area contributed by atoms with Gasteiger partial charge in [0.15, 0.2) is 0 Å². The van der Waals surface area contributed by atoms with Crippen molar-refractivity contribution in [1.82, 2.24) is 0 Å². The van der Waals surface area contributed by atoms with E-state index in [0.717, 1.165) is 16.8 Å². The Morgan fingerprint density at radius 3 is 2.07 bits per heavy atom. The lowest BCUT2D eigenvalue weighted by Crippen LogP contribution is -2.41. The molecule has 4 heteroatoms. The normalized spacial score (nSPS) is 18.1. The van der Waals surface area contributed by atoms with Crippen molar-refractivity contribution in [2.24, 2.45) is 0 Å². The molecule has 0 bridgehead atoms. The summed E-state index contributed by atoms with van der Waals surface area (Å²) in [6.07, 6.45) is 0. The van der Waals surface area contributed by atoms with Crippen LogP contribution in [0.3, 0.4) is 0 Å². The van der Waals surface area contributed by atoms with Gasteiger partial charge in [0, 0.05) is 0 Å². The standard InChI is InChI=1S/C23H31BO3/c1-16(2)20-13-8-17(3)14-21(20)25-15-18-9-11-19(12-10-18)24-26-22(4,5)23(6,7)27-24/h8-14,16H,15H2,1-7H3. The van der Waals surface area contributed by atoms with E-state index in [9.17, 15) is 0 Å². The molecule has 0 radical (unpaired) electrons. The third-order valence-electron chi connectivity index (χ3n) is 5.69. The fourth-order valence-electron chi connectivity index (χ4n) is 3.15. The van der Waals surface area contributed by atoms with Crippen LogP contribution < -0.4 is 10.2 Å². The highest BCUT2D eigenvalue weighted by atomic mass is 16.7. The van der Waals surface area contributed by atoms with Crippen molar-refractivity contribution in [1.29, 1.82) is 0 Å². The minimum Gasteiger partial charge on any atom is -0.489 e. The van der Waals surface area contributed by atoms with Crippen molar-refractivity contribution in [3.05, 3.63) is 59.2 Å². The summed E-state index contributed by atoms with van der Waals surface area (Å²) in [5.41, 5.74) is 3.98. The summed E-state index contributed by atoms with van der Waals surface area (Å²) in [6, 6.07) is 14.7. The minimum atomic E-state index is -0.325. The fraction of sp³-hybridized carbons (Fsp3) is 0.478. The van der Waals surface area contributed by atoms with E-state index in [4.69, 9.17) is 14.0 Å². The molecule has 3 rings (SSSR count). The first kappa shape index (κ1) is 20.0. The molecule has 1 heterocycles. The summed E-state index contributed by atoms with van der Waals surface area (Å²) in [5.74, 6) is 1.41. The second-order valence-electron chi connectivity index (χ2n) is 8.81. The molecule has 27 heavy (non-hydrogen) atoms. The van der Waals surface area contributed by atoms with Crippen LogP contribution in [0.4, 0.5) is 0 Å². The van der Waals surface area contributed by atoms with E-state index in [1.165, 1.54) is 11.1 Å². The first-order chi connectivity index (χ1) is 12.6. The van der Waals surface area contributed by atoms with Gasteiger partial charge in [-0.3, -0.25) is 0 Å². The highest BCUT2D eigenvalue weighted by Gasteiger charge is 2.51. The number of rotatable bonds is 5. The van der Waals surface area contributed by atoms with Gasteiger partial charge in [-0.1, -0.05) is 50.2 Å². The van der Waals surface area contributed by atoms with E-state index >= 15 is 0 Å². The molecule has 1 fully saturated rings. The summed E-state index contributed by atoms with van der Waals surface area (Å²) >= 11 is 0. The Bertz CT molecular complexity index is 778. The molecule has 2 aromatic carbocycles. The monoisotopic (exact) mass is 366 g/mol. The molecule has 1 aliphatic heterocycles. The molecule has 0 amide bonds. The average molecular weight is 366 g/mol. The van der Waals surface area contributed by atoms with Crippen LogP contribution in [-0.4, -0.2) is 18.3 Å². The van der Waals surface area contributed by atoms with Crippen LogP contribution in [0.15, 0.2) is 42.5 Å². The third-order valence-corrected chi connectivity index (χ3v) is 5.69. The molecule has 0 saturated carbocycles. The maximum atomic E-state index is 6.13. The minimum absolute atomic E-state index is 0.322. The molecular weight excluding hydrogens is 335 g/mol. The average Bonchev–Trinajstić information content (AvgIpc) is 2.81. The van der Waals surface area contributed by atoms with Gasteiger partial charge in [0.25, 0.3) is 0 Å². The number of hydrogen-bond acceptors (Lipinski definition) is 3. The van der Waals surface area contributed by atoms with Gasteiger partial charge in [0.2, 0.25) is 0 Å². The lowest BCUT2D eigenvalue weighted by molar-refractivity contribution is 0.00578. The smallest absolute Gasteiger partial charge is 0.489 e. The maximum Gasteiger partial charge on any atom is 0.494 e. The zero-order valence-corrected chi connectivity index (χ0v) is 17.6. The number of ether oxygens (including phenoxy) is 1. The summed E-state index contributed by atoms with van der Waals surface area (Å²) < 4.78 is 18.4. The molecule has 1 aliphatic rings. The first-order valence-corrected chi connectivity index (χ1v) is 9.77. The van der Waals surface area contributed by atoms with Crippen LogP contribution >= 0.6 is 0 Å². The van der Waals surface area contributed by atoms with Crippen LogP contribution in [0.1, 0.15) is 64.2 Å². The van der Waals surface area contributed by atoms with E-state index in [1.54, 1.807) is 0 Å². The molecule has 3 nitrogen and oxygen atoms in total. The van der Waals surface area contributed by atoms with Gasteiger partial charge >= 0.3 is 7.12 Å². The molecule has 0 aliphatic carbocycles. The Balaban J connectivity index is 1.68. The van der Waals surface area contributed by atoms with Gasteiger partial charge in [-0.15, -0.1) is 0 Å². The van der Waals surface area contributed by atoms with E-state index in [-0.39, 0.29) is 18.3 Å². The predicted molar refractivity (Wildman–Crippen MR) is 112 cm³/mol. The number of benzene rings is 2. The second kappa shape index (κ2) is 7.33. The number of hydrogen-bond donors (Lipinski definition) is 0. The van der Waals surface area contributed by atoms with Crippen LogP contribution in [0.25, 0.3) is 0 Å². The summed E-state index contributed by atoms with van der Waals surface area (Å²) in [5, 5.41) is 0. The zero-order valence-electron chi connectivity index (χ0n) is 17.6. The quantitative estimate of drug-likeness (QED) is 0.698. The maximum absolute atomic E-state index is 6.13. The van der Waals surface area contributed by atoms with Gasteiger partial charge < -0.3 is 14.0 Å². The molecule has 144 valence electrons. The van der Waals surface area contributed by atoms with E-state index in [0.29, 0.717) is 12.5 Å². The fourth-order valence-corrected chi connectivity index (χ4v) is 3.15. The Hall–Kier alpha value is -1.78. The highest BCUT2D eigenvalue weighted by molar-refractivity contribution is 6.62. The van der Waals surface area contributed by atoms with E-state index < -0.39 is 0 Å². The Labute approximate surface area is 164 Å². The van der Waals surface area contributed by atoms with Gasteiger partial charge in [-0.25, -0.2) is 0 Å². The van der Waals surface area contributed by atoms with Crippen LogP contribution in [0.2, 0.25) is 0 Å². The molecule has 0 unspecified atom stereocenters. The van der Waals surface area contributed by atoms with E-state index in [1.807, 2.05) is 0 Å². The first-order valence-electron chi connectivity index (χ1n) is 9.77. The molecule has 0 spiro atoms. The van der Waals surface area contributed by atoms with Crippen molar-refractivity contribution >= 4 is 12.6 Å². The second-order valence-corrected chi connectivity index (χ2v) is 8.81. The lowest BCUT2D eigenvalue weighted by Gasteiger charge is -2.32. The molecule has 0 N–H and O–H groups in total. The lowest BCUT2D eigenvalue weighted by atomic mass is 9.79. The van der Waals surface area contributed by atoms with Crippen LogP contribution in [0, 0.1) is 6.92 Å². The highest BCUT2D eigenvalue weighted by Crippen LogP contribution is 2.36. The Morgan fingerprint density at radius 1 is 0.926 bits per heavy atom. The van der Waals surface area contributed by atoms with Crippen molar-refractivity contribution in [2.45, 2.75) is 72.2 Å². The SMILES string of the molecule is Cc1ccc(C(C)C)c(OCc2ccc(B3OC(C)(C)C(C)(C)O3)cc2)c1. The third kappa shape index (κ3) is 4.22. The van der Waals surface area contributed by atoms with Gasteiger partial charge in [0.05, 0.1) is 11.2 Å².